The molecule has 0 fully saturated rings. The number of thiophene rings is 1. The van der Waals surface area contributed by atoms with Gasteiger partial charge in [-0.1, -0.05) is 19.9 Å². The van der Waals surface area contributed by atoms with Gasteiger partial charge in [-0.3, -0.25) is 4.79 Å². The van der Waals surface area contributed by atoms with E-state index in [9.17, 15) is 4.79 Å². The number of hydrogen-bond donors (Lipinski definition) is 2. The van der Waals surface area contributed by atoms with Gasteiger partial charge in [0.1, 0.15) is 11.6 Å². The van der Waals surface area contributed by atoms with Crippen molar-refractivity contribution in [2.45, 2.75) is 19.8 Å². The summed E-state index contributed by atoms with van der Waals surface area (Å²) in [5, 5.41) is 7.93. The molecule has 2 rings (SSSR count). The van der Waals surface area contributed by atoms with E-state index in [1.165, 1.54) is 11.3 Å². The minimum Gasteiger partial charge on any atom is -0.368 e. The Morgan fingerprint density at radius 1 is 1.35 bits per heavy atom. The van der Waals surface area contributed by atoms with Crippen LogP contribution in [0.4, 0.5) is 5.82 Å². The highest BCUT2D eigenvalue weighted by atomic mass is 32.1. The van der Waals surface area contributed by atoms with E-state index in [0.717, 1.165) is 16.5 Å². The van der Waals surface area contributed by atoms with Gasteiger partial charge in [-0.2, -0.15) is 0 Å². The molecule has 0 radical (unpaired) electrons. The lowest BCUT2D eigenvalue weighted by molar-refractivity contribution is 0.0959. The van der Waals surface area contributed by atoms with Crippen LogP contribution in [0.5, 0.6) is 0 Å². The Balaban J connectivity index is 1.76. The molecule has 0 aliphatic carbocycles. The van der Waals surface area contributed by atoms with Crippen molar-refractivity contribution < 1.29 is 4.79 Å². The molecule has 2 heterocycles. The molecule has 0 bridgehead atoms. The maximum Gasteiger partial charge on any atom is 0.261 e. The van der Waals surface area contributed by atoms with Crippen LogP contribution >= 0.6 is 11.3 Å². The fourth-order valence-electron chi connectivity index (χ4n) is 1.61. The molecule has 2 aromatic heterocycles. The molecule has 0 spiro atoms. The molecule has 106 valence electrons. The average molecular weight is 290 g/mol. The van der Waals surface area contributed by atoms with Crippen molar-refractivity contribution in [1.82, 2.24) is 15.3 Å². The first-order valence-electron chi connectivity index (χ1n) is 6.55. The third-order valence-electron chi connectivity index (χ3n) is 2.65. The average Bonchev–Trinajstić information content (AvgIpc) is 2.98. The maximum absolute atomic E-state index is 11.7. The number of rotatable bonds is 6. The predicted octanol–water partition coefficient (Wildman–Crippen LogP) is 2.50. The summed E-state index contributed by atoms with van der Waals surface area (Å²) in [5.41, 5.74) is 0. The Bertz CT molecular complexity index is 554. The maximum atomic E-state index is 11.7. The molecular formula is C14H18N4OS. The minimum absolute atomic E-state index is 0.0349. The topological polar surface area (TPSA) is 66.9 Å². The number of nitrogens with zero attached hydrogens (tertiary/aromatic N) is 2. The van der Waals surface area contributed by atoms with E-state index in [1.54, 1.807) is 6.20 Å². The van der Waals surface area contributed by atoms with Gasteiger partial charge in [0.15, 0.2) is 0 Å². The quantitative estimate of drug-likeness (QED) is 0.802. The van der Waals surface area contributed by atoms with Gasteiger partial charge in [0.2, 0.25) is 0 Å². The number of nitrogens with one attached hydrogen (secondary N) is 2. The van der Waals surface area contributed by atoms with E-state index < -0.39 is 0 Å². The van der Waals surface area contributed by atoms with E-state index in [1.807, 2.05) is 23.6 Å². The van der Waals surface area contributed by atoms with Crippen molar-refractivity contribution in [3.05, 3.63) is 40.5 Å². The fraction of sp³-hybridized carbons (Fsp3) is 0.357. The lowest BCUT2D eigenvalue weighted by atomic mass is 10.2. The summed E-state index contributed by atoms with van der Waals surface area (Å²) in [5.74, 6) is 1.87. The third-order valence-corrected chi connectivity index (χ3v) is 3.52. The molecule has 20 heavy (non-hydrogen) atoms. The zero-order chi connectivity index (χ0) is 14.4. The van der Waals surface area contributed by atoms with Crippen LogP contribution in [-0.2, 0) is 0 Å². The van der Waals surface area contributed by atoms with Crippen molar-refractivity contribution in [2.75, 3.05) is 18.4 Å². The summed E-state index contributed by atoms with van der Waals surface area (Å²) < 4.78 is 0. The van der Waals surface area contributed by atoms with Crippen LogP contribution in [0.2, 0.25) is 0 Å². The Morgan fingerprint density at radius 2 is 2.20 bits per heavy atom. The molecule has 0 aromatic carbocycles. The van der Waals surface area contributed by atoms with E-state index in [-0.39, 0.29) is 5.91 Å². The van der Waals surface area contributed by atoms with E-state index >= 15 is 0 Å². The van der Waals surface area contributed by atoms with E-state index in [4.69, 9.17) is 0 Å². The molecule has 0 aliphatic heterocycles. The third kappa shape index (κ3) is 4.03. The lowest BCUT2D eigenvalue weighted by Crippen LogP contribution is -2.28. The normalized spacial score (nSPS) is 10.6. The molecule has 2 aromatic rings. The second-order valence-electron chi connectivity index (χ2n) is 4.61. The van der Waals surface area contributed by atoms with Crippen LogP contribution in [0.1, 0.15) is 35.3 Å². The van der Waals surface area contributed by atoms with Crippen molar-refractivity contribution in [3.63, 3.8) is 0 Å². The Hall–Kier alpha value is -1.95. The highest BCUT2D eigenvalue weighted by molar-refractivity contribution is 7.12. The van der Waals surface area contributed by atoms with E-state index in [0.29, 0.717) is 19.0 Å². The lowest BCUT2D eigenvalue weighted by Gasteiger charge is -2.09. The molecule has 0 saturated carbocycles. The Kier molecular flexibility index (Phi) is 5.06. The molecular weight excluding hydrogens is 272 g/mol. The summed E-state index contributed by atoms with van der Waals surface area (Å²) in [4.78, 5) is 21.1. The Labute approximate surface area is 122 Å². The zero-order valence-corrected chi connectivity index (χ0v) is 12.4. The number of aromatic nitrogens is 2. The van der Waals surface area contributed by atoms with Gasteiger partial charge in [-0.15, -0.1) is 11.3 Å². The summed E-state index contributed by atoms with van der Waals surface area (Å²) in [6.45, 7) is 5.30. The predicted molar refractivity (Wildman–Crippen MR) is 81.3 cm³/mol. The molecule has 0 aliphatic rings. The number of carbonyl (C=O) groups is 1. The first-order chi connectivity index (χ1) is 9.66. The SMILES string of the molecule is CC(C)c1nccc(NCCNC(=O)c2cccs2)n1. The first kappa shape index (κ1) is 14.5. The number of amides is 1. The second-order valence-corrected chi connectivity index (χ2v) is 5.56. The van der Waals surface area contributed by atoms with Crippen molar-refractivity contribution in [1.29, 1.82) is 0 Å². The fourth-order valence-corrected chi connectivity index (χ4v) is 2.25. The van der Waals surface area contributed by atoms with Gasteiger partial charge in [0, 0.05) is 25.2 Å². The number of anilines is 1. The summed E-state index contributed by atoms with van der Waals surface area (Å²) in [6.07, 6.45) is 1.74. The zero-order valence-electron chi connectivity index (χ0n) is 11.6. The van der Waals surface area contributed by atoms with Crippen LogP contribution < -0.4 is 10.6 Å². The molecule has 0 unspecified atom stereocenters. The molecule has 2 N–H and O–H groups in total. The van der Waals surface area contributed by atoms with Crippen molar-refractivity contribution >= 4 is 23.1 Å². The highest BCUT2D eigenvalue weighted by Gasteiger charge is 2.05. The minimum atomic E-state index is -0.0349. The van der Waals surface area contributed by atoms with Crippen molar-refractivity contribution in [2.24, 2.45) is 0 Å². The molecule has 6 heteroatoms. The standard InChI is InChI=1S/C14H18N4OS/c1-10(2)13-16-6-5-12(18-13)15-7-8-17-14(19)11-4-3-9-20-11/h3-6,9-10H,7-8H2,1-2H3,(H,17,19)(H,15,16,18). The molecule has 0 saturated heterocycles. The van der Waals surface area contributed by atoms with Crippen molar-refractivity contribution in [3.8, 4) is 0 Å². The second kappa shape index (κ2) is 7.00. The first-order valence-corrected chi connectivity index (χ1v) is 7.43. The Morgan fingerprint density at radius 3 is 2.90 bits per heavy atom. The molecule has 1 amide bonds. The van der Waals surface area contributed by atoms with Gasteiger partial charge < -0.3 is 10.6 Å². The van der Waals surface area contributed by atoms with Crippen LogP contribution in [0.25, 0.3) is 0 Å². The van der Waals surface area contributed by atoms with Gasteiger partial charge in [0.25, 0.3) is 5.91 Å². The van der Waals surface area contributed by atoms with Gasteiger partial charge in [-0.05, 0) is 17.5 Å². The smallest absolute Gasteiger partial charge is 0.261 e. The monoisotopic (exact) mass is 290 g/mol. The molecule has 5 nitrogen and oxygen atoms in total. The van der Waals surface area contributed by atoms with Crippen LogP contribution in [-0.4, -0.2) is 29.0 Å². The highest BCUT2D eigenvalue weighted by Crippen LogP contribution is 2.10. The van der Waals surface area contributed by atoms with Crippen LogP contribution in [0, 0.1) is 0 Å². The number of carbonyl (C=O) groups excluding carboxylic acids is 1. The van der Waals surface area contributed by atoms with Crippen LogP contribution in [0.3, 0.4) is 0 Å². The summed E-state index contributed by atoms with van der Waals surface area (Å²) in [6, 6.07) is 5.51. The van der Waals surface area contributed by atoms with Gasteiger partial charge in [0.05, 0.1) is 4.88 Å². The van der Waals surface area contributed by atoms with Gasteiger partial charge in [-0.25, -0.2) is 9.97 Å². The summed E-state index contributed by atoms with van der Waals surface area (Å²) >= 11 is 1.44. The van der Waals surface area contributed by atoms with Crippen LogP contribution in [0.15, 0.2) is 29.8 Å². The molecule has 0 atom stereocenters. The largest absolute Gasteiger partial charge is 0.368 e. The van der Waals surface area contributed by atoms with Gasteiger partial charge >= 0.3 is 0 Å². The summed E-state index contributed by atoms with van der Waals surface area (Å²) in [7, 11) is 0. The van der Waals surface area contributed by atoms with E-state index in [2.05, 4.69) is 34.4 Å². The number of hydrogen-bond acceptors (Lipinski definition) is 5.